The van der Waals surface area contributed by atoms with Crippen molar-refractivity contribution in [2.75, 3.05) is 7.05 Å². The molecule has 0 radical (unpaired) electrons. The lowest BCUT2D eigenvalue weighted by Crippen LogP contribution is -2.17. The number of rotatable bonds is 5. The first-order valence-electron chi connectivity index (χ1n) is 6.29. The van der Waals surface area contributed by atoms with E-state index in [9.17, 15) is 4.39 Å². The van der Waals surface area contributed by atoms with Crippen LogP contribution >= 0.6 is 0 Å². The first-order valence-corrected chi connectivity index (χ1v) is 6.29. The summed E-state index contributed by atoms with van der Waals surface area (Å²) in [5.74, 6) is 1.58. The molecule has 0 atom stereocenters. The molecule has 2 rings (SSSR count). The number of benzene rings is 1. The van der Waals surface area contributed by atoms with E-state index in [4.69, 9.17) is 10.2 Å². The van der Waals surface area contributed by atoms with Gasteiger partial charge in [0, 0.05) is 13.1 Å². The third-order valence-corrected chi connectivity index (χ3v) is 2.93. The van der Waals surface area contributed by atoms with Crippen molar-refractivity contribution < 1.29 is 8.81 Å². The average molecular weight is 262 g/mol. The lowest BCUT2D eigenvalue weighted by atomic mass is 10.1. The molecule has 0 unspecified atom stereocenters. The summed E-state index contributed by atoms with van der Waals surface area (Å²) in [6.07, 6.45) is 0. The molecule has 0 saturated carbocycles. The van der Waals surface area contributed by atoms with Crippen molar-refractivity contribution in [3.63, 3.8) is 0 Å². The number of hydrogen-bond donors (Lipinski definition) is 1. The molecule has 0 amide bonds. The highest BCUT2D eigenvalue weighted by molar-refractivity contribution is 5.24. The second-order valence-electron chi connectivity index (χ2n) is 4.86. The number of hydrogen-bond acceptors (Lipinski definition) is 3. The third kappa shape index (κ3) is 3.91. The molecule has 1 aromatic carbocycles. The minimum atomic E-state index is -0.236. The predicted octanol–water partition coefficient (Wildman–Crippen LogP) is 2.82. The van der Waals surface area contributed by atoms with Crippen LogP contribution in [0.1, 0.15) is 22.6 Å². The highest BCUT2D eigenvalue weighted by Crippen LogP contribution is 2.14. The smallest absolute Gasteiger partial charge is 0.123 e. The summed E-state index contributed by atoms with van der Waals surface area (Å²) in [6, 6.07) is 8.86. The maximum Gasteiger partial charge on any atom is 0.123 e. The molecule has 1 aromatic heterocycles. The van der Waals surface area contributed by atoms with Crippen LogP contribution in [0.3, 0.4) is 0 Å². The van der Waals surface area contributed by atoms with Gasteiger partial charge in [0.1, 0.15) is 17.3 Å². The van der Waals surface area contributed by atoms with Crippen molar-refractivity contribution in [3.8, 4) is 0 Å². The van der Waals surface area contributed by atoms with Gasteiger partial charge in [0.15, 0.2) is 0 Å². The van der Waals surface area contributed by atoms with Crippen molar-refractivity contribution in [1.29, 1.82) is 0 Å². The van der Waals surface area contributed by atoms with Crippen LogP contribution in [0.4, 0.5) is 4.39 Å². The minimum absolute atomic E-state index is 0.236. The summed E-state index contributed by atoms with van der Waals surface area (Å²) in [5.41, 5.74) is 7.29. The van der Waals surface area contributed by atoms with E-state index in [1.165, 1.54) is 6.07 Å². The lowest BCUT2D eigenvalue weighted by Gasteiger charge is -2.16. The maximum absolute atomic E-state index is 13.4. The molecule has 0 aliphatic carbocycles. The van der Waals surface area contributed by atoms with Crippen LogP contribution in [-0.2, 0) is 19.6 Å². The van der Waals surface area contributed by atoms with Crippen molar-refractivity contribution in [1.82, 2.24) is 4.90 Å². The molecule has 102 valence electrons. The number of nitrogens with zero attached hydrogens (tertiary/aromatic N) is 1. The fraction of sp³-hybridized carbons (Fsp3) is 0.333. The van der Waals surface area contributed by atoms with Gasteiger partial charge in [0.25, 0.3) is 0 Å². The van der Waals surface area contributed by atoms with Gasteiger partial charge < -0.3 is 10.2 Å². The zero-order valence-corrected chi connectivity index (χ0v) is 11.3. The SMILES string of the molecule is Cc1ccc(CN(C)Cc2cc(F)cc(CN)c2)o1. The van der Waals surface area contributed by atoms with E-state index in [0.717, 1.165) is 22.6 Å². The Morgan fingerprint density at radius 2 is 1.89 bits per heavy atom. The molecule has 0 spiro atoms. The molecule has 2 aromatic rings. The molecule has 0 aliphatic rings. The molecule has 4 heteroatoms. The Morgan fingerprint density at radius 3 is 2.53 bits per heavy atom. The van der Waals surface area contributed by atoms with Gasteiger partial charge in [-0.1, -0.05) is 6.07 Å². The van der Waals surface area contributed by atoms with Crippen LogP contribution in [0.15, 0.2) is 34.7 Å². The normalized spacial score (nSPS) is 11.2. The second-order valence-corrected chi connectivity index (χ2v) is 4.86. The van der Waals surface area contributed by atoms with Crippen LogP contribution in [0.25, 0.3) is 0 Å². The van der Waals surface area contributed by atoms with E-state index < -0.39 is 0 Å². The highest BCUT2D eigenvalue weighted by Gasteiger charge is 2.07. The monoisotopic (exact) mass is 262 g/mol. The Bertz CT molecular complexity index is 551. The first kappa shape index (κ1) is 13.8. The standard InChI is InChI=1S/C15H19FN2O/c1-11-3-4-15(19-11)10-18(2)9-13-5-12(8-17)6-14(16)7-13/h3-7H,8-10,17H2,1-2H3. The molecule has 2 N–H and O–H groups in total. The summed E-state index contributed by atoms with van der Waals surface area (Å²) < 4.78 is 18.9. The Kier molecular flexibility index (Phi) is 4.35. The van der Waals surface area contributed by atoms with Crippen LogP contribution < -0.4 is 5.73 Å². The van der Waals surface area contributed by atoms with Crippen molar-refractivity contribution in [3.05, 3.63) is 58.8 Å². The van der Waals surface area contributed by atoms with E-state index in [0.29, 0.717) is 19.6 Å². The first-order chi connectivity index (χ1) is 9.06. The number of aryl methyl sites for hydroxylation is 1. The van der Waals surface area contributed by atoms with E-state index in [2.05, 4.69) is 4.90 Å². The fourth-order valence-corrected chi connectivity index (χ4v) is 2.13. The molecular formula is C15H19FN2O. The van der Waals surface area contributed by atoms with Crippen molar-refractivity contribution in [2.24, 2.45) is 5.73 Å². The maximum atomic E-state index is 13.4. The van der Waals surface area contributed by atoms with Gasteiger partial charge in [-0.15, -0.1) is 0 Å². The van der Waals surface area contributed by atoms with Crippen LogP contribution in [0, 0.1) is 12.7 Å². The Hall–Kier alpha value is -1.65. The Balaban J connectivity index is 2.02. The molecule has 1 heterocycles. The molecule has 0 aliphatic heterocycles. The number of furan rings is 1. The molecule has 0 saturated heterocycles. The van der Waals surface area contributed by atoms with Gasteiger partial charge in [-0.05, 0) is 49.4 Å². The summed E-state index contributed by atoms with van der Waals surface area (Å²) >= 11 is 0. The van der Waals surface area contributed by atoms with E-state index in [-0.39, 0.29) is 5.82 Å². The summed E-state index contributed by atoms with van der Waals surface area (Å²) in [7, 11) is 1.98. The van der Waals surface area contributed by atoms with Crippen molar-refractivity contribution >= 4 is 0 Å². The van der Waals surface area contributed by atoms with Crippen molar-refractivity contribution in [2.45, 2.75) is 26.6 Å². The predicted molar refractivity (Wildman–Crippen MR) is 72.9 cm³/mol. The topological polar surface area (TPSA) is 42.4 Å². The average Bonchev–Trinajstić information content (AvgIpc) is 2.73. The van der Waals surface area contributed by atoms with E-state index in [1.807, 2.05) is 32.2 Å². The summed E-state index contributed by atoms with van der Waals surface area (Å²) in [4.78, 5) is 2.08. The van der Waals surface area contributed by atoms with E-state index in [1.54, 1.807) is 6.07 Å². The zero-order chi connectivity index (χ0) is 13.8. The zero-order valence-electron chi connectivity index (χ0n) is 11.3. The van der Waals surface area contributed by atoms with Crippen LogP contribution in [-0.4, -0.2) is 11.9 Å². The lowest BCUT2D eigenvalue weighted by molar-refractivity contribution is 0.285. The van der Waals surface area contributed by atoms with Crippen LogP contribution in [0.2, 0.25) is 0 Å². The largest absolute Gasteiger partial charge is 0.465 e. The van der Waals surface area contributed by atoms with Crippen LogP contribution in [0.5, 0.6) is 0 Å². The van der Waals surface area contributed by atoms with Gasteiger partial charge in [-0.3, -0.25) is 4.90 Å². The summed E-state index contributed by atoms with van der Waals surface area (Å²) in [6.45, 7) is 3.63. The van der Waals surface area contributed by atoms with Gasteiger partial charge in [-0.25, -0.2) is 4.39 Å². The summed E-state index contributed by atoms with van der Waals surface area (Å²) in [5, 5.41) is 0. The molecule has 0 fully saturated rings. The minimum Gasteiger partial charge on any atom is -0.465 e. The fourth-order valence-electron chi connectivity index (χ4n) is 2.13. The van der Waals surface area contributed by atoms with Gasteiger partial charge in [-0.2, -0.15) is 0 Å². The highest BCUT2D eigenvalue weighted by atomic mass is 19.1. The number of nitrogens with two attached hydrogens (primary N) is 1. The second kappa shape index (κ2) is 5.99. The van der Waals surface area contributed by atoms with E-state index >= 15 is 0 Å². The molecule has 0 bridgehead atoms. The Labute approximate surface area is 112 Å². The third-order valence-electron chi connectivity index (χ3n) is 2.93. The molecule has 19 heavy (non-hydrogen) atoms. The van der Waals surface area contributed by atoms with Gasteiger partial charge >= 0.3 is 0 Å². The Morgan fingerprint density at radius 1 is 1.16 bits per heavy atom. The van der Waals surface area contributed by atoms with Gasteiger partial charge in [0.2, 0.25) is 0 Å². The molecular weight excluding hydrogens is 243 g/mol. The number of halogens is 1. The quantitative estimate of drug-likeness (QED) is 0.901. The van der Waals surface area contributed by atoms with Gasteiger partial charge in [0.05, 0.1) is 6.54 Å². The molecule has 3 nitrogen and oxygen atoms in total.